The summed E-state index contributed by atoms with van der Waals surface area (Å²) in [5.41, 5.74) is 1.19. The quantitative estimate of drug-likeness (QED) is 0.829. The number of benzene rings is 2. The number of hydrogen-bond acceptors (Lipinski definition) is 3. The Morgan fingerprint density at radius 2 is 1.67 bits per heavy atom. The van der Waals surface area contributed by atoms with Crippen LogP contribution in [0.2, 0.25) is 0 Å². The fourth-order valence-electron chi connectivity index (χ4n) is 2.20. The van der Waals surface area contributed by atoms with Crippen molar-refractivity contribution in [2.75, 3.05) is 0 Å². The van der Waals surface area contributed by atoms with Gasteiger partial charge in [-0.3, -0.25) is 4.79 Å². The Hall–Kier alpha value is -2.69. The number of rotatable bonds is 6. The van der Waals surface area contributed by atoms with Crippen LogP contribution in [-0.2, 0) is 16.0 Å². The number of carbonyl (C=O) groups excluding carboxylic acids is 2. The van der Waals surface area contributed by atoms with Crippen molar-refractivity contribution in [3.05, 3.63) is 71.5 Å². The van der Waals surface area contributed by atoms with Gasteiger partial charge in [0.15, 0.2) is 0 Å². The van der Waals surface area contributed by atoms with Crippen LogP contribution >= 0.6 is 0 Å². The van der Waals surface area contributed by atoms with Gasteiger partial charge in [-0.1, -0.05) is 30.3 Å². The van der Waals surface area contributed by atoms with Crippen LogP contribution < -0.4 is 5.32 Å². The molecule has 5 heteroatoms. The lowest BCUT2D eigenvalue weighted by Gasteiger charge is -2.19. The van der Waals surface area contributed by atoms with Crippen molar-refractivity contribution in [1.29, 1.82) is 0 Å². The molecule has 1 atom stereocenters. The molecule has 0 saturated carbocycles. The van der Waals surface area contributed by atoms with Crippen LogP contribution in [-0.4, -0.2) is 24.0 Å². The number of carbonyl (C=O) groups is 2. The summed E-state index contributed by atoms with van der Waals surface area (Å²) < 4.78 is 18.2. The van der Waals surface area contributed by atoms with Gasteiger partial charge in [0.05, 0.1) is 6.10 Å². The molecule has 0 aliphatic carbocycles. The van der Waals surface area contributed by atoms with Crippen molar-refractivity contribution in [3.8, 4) is 0 Å². The van der Waals surface area contributed by atoms with E-state index in [-0.39, 0.29) is 24.2 Å². The Bertz CT molecular complexity index is 684. The highest BCUT2D eigenvalue weighted by atomic mass is 19.1. The van der Waals surface area contributed by atoms with Gasteiger partial charge < -0.3 is 10.1 Å². The monoisotopic (exact) mass is 329 g/mol. The Labute approximate surface area is 140 Å². The first-order valence-electron chi connectivity index (χ1n) is 7.76. The zero-order chi connectivity index (χ0) is 17.5. The minimum Gasteiger partial charge on any atom is -0.461 e. The van der Waals surface area contributed by atoms with Crippen molar-refractivity contribution >= 4 is 11.9 Å². The lowest BCUT2D eigenvalue weighted by atomic mass is 10.1. The second-order valence-corrected chi connectivity index (χ2v) is 5.71. The normalized spacial score (nSPS) is 11.8. The van der Waals surface area contributed by atoms with Crippen molar-refractivity contribution in [2.45, 2.75) is 32.4 Å². The number of halogens is 1. The largest absolute Gasteiger partial charge is 0.461 e. The Balaban J connectivity index is 2.14. The average Bonchev–Trinajstić information content (AvgIpc) is 2.56. The molecule has 1 amide bonds. The minimum atomic E-state index is -0.842. The van der Waals surface area contributed by atoms with Gasteiger partial charge >= 0.3 is 5.97 Å². The van der Waals surface area contributed by atoms with Crippen molar-refractivity contribution < 1.29 is 18.7 Å². The van der Waals surface area contributed by atoms with Gasteiger partial charge in [-0.25, -0.2) is 9.18 Å². The second-order valence-electron chi connectivity index (χ2n) is 5.71. The summed E-state index contributed by atoms with van der Waals surface area (Å²) in [6, 6.07) is 13.6. The third-order valence-electron chi connectivity index (χ3n) is 3.33. The molecule has 0 fully saturated rings. The Kier molecular flexibility index (Phi) is 6.07. The molecule has 0 bridgehead atoms. The molecule has 0 aromatic heterocycles. The van der Waals surface area contributed by atoms with E-state index in [0.717, 1.165) is 5.56 Å². The fourth-order valence-corrected chi connectivity index (χ4v) is 2.20. The Morgan fingerprint density at radius 1 is 1.04 bits per heavy atom. The highest BCUT2D eigenvalue weighted by Crippen LogP contribution is 2.09. The minimum absolute atomic E-state index is 0.227. The molecule has 1 unspecified atom stereocenters. The lowest BCUT2D eigenvalue weighted by Crippen LogP contribution is -2.44. The number of hydrogen-bond donors (Lipinski definition) is 1. The molecule has 0 saturated heterocycles. The van der Waals surface area contributed by atoms with Gasteiger partial charge in [0.1, 0.15) is 11.9 Å². The molecule has 4 nitrogen and oxygen atoms in total. The fraction of sp³-hybridized carbons (Fsp3) is 0.263. The molecule has 0 radical (unpaired) electrons. The van der Waals surface area contributed by atoms with Crippen LogP contribution in [0.4, 0.5) is 4.39 Å². The molecule has 1 N–H and O–H groups in total. The number of nitrogens with one attached hydrogen (secondary N) is 1. The second kappa shape index (κ2) is 8.24. The number of ether oxygens (including phenoxy) is 1. The molecule has 0 heterocycles. The summed E-state index contributed by atoms with van der Waals surface area (Å²) in [6.45, 7) is 3.48. The zero-order valence-corrected chi connectivity index (χ0v) is 13.7. The number of amides is 1. The van der Waals surface area contributed by atoms with Gasteiger partial charge in [-0.15, -0.1) is 0 Å². The van der Waals surface area contributed by atoms with E-state index in [0.29, 0.717) is 5.56 Å². The summed E-state index contributed by atoms with van der Waals surface area (Å²) in [5, 5.41) is 2.69. The van der Waals surface area contributed by atoms with Gasteiger partial charge in [-0.05, 0) is 43.7 Å². The predicted octanol–water partition coefficient (Wildman–Crippen LogP) is 3.12. The van der Waals surface area contributed by atoms with Crippen LogP contribution in [0.25, 0.3) is 0 Å². The van der Waals surface area contributed by atoms with E-state index < -0.39 is 12.0 Å². The first kappa shape index (κ1) is 17.7. The van der Waals surface area contributed by atoms with Crippen LogP contribution in [0.1, 0.15) is 29.8 Å². The SMILES string of the molecule is CC(C)OC(=O)C(Cc1ccc(F)cc1)NC(=O)c1ccccc1. The van der Waals surface area contributed by atoms with E-state index >= 15 is 0 Å². The molecule has 126 valence electrons. The smallest absolute Gasteiger partial charge is 0.329 e. The van der Waals surface area contributed by atoms with Crippen molar-refractivity contribution in [3.63, 3.8) is 0 Å². The predicted molar refractivity (Wildman–Crippen MR) is 89.0 cm³/mol. The highest BCUT2D eigenvalue weighted by Gasteiger charge is 2.24. The van der Waals surface area contributed by atoms with Gasteiger partial charge in [0, 0.05) is 12.0 Å². The molecule has 0 spiro atoms. The molecule has 24 heavy (non-hydrogen) atoms. The maximum Gasteiger partial charge on any atom is 0.329 e. The van der Waals surface area contributed by atoms with Crippen molar-refractivity contribution in [1.82, 2.24) is 5.32 Å². The summed E-state index contributed by atoms with van der Waals surface area (Å²) in [5.74, 6) is -1.23. The van der Waals surface area contributed by atoms with Gasteiger partial charge in [0.2, 0.25) is 0 Å². The van der Waals surface area contributed by atoms with E-state index in [9.17, 15) is 14.0 Å². The maximum atomic E-state index is 13.0. The lowest BCUT2D eigenvalue weighted by molar-refractivity contribution is -0.149. The standard InChI is InChI=1S/C19H20FNO3/c1-13(2)24-19(23)17(12-14-8-10-16(20)11-9-14)21-18(22)15-6-4-3-5-7-15/h3-11,13,17H,12H2,1-2H3,(H,21,22). The maximum absolute atomic E-state index is 13.0. The number of esters is 1. The molecule has 2 aromatic rings. The molecule has 2 aromatic carbocycles. The van der Waals surface area contributed by atoms with Crippen LogP contribution in [0, 0.1) is 5.82 Å². The van der Waals surface area contributed by atoms with Gasteiger partial charge in [0.25, 0.3) is 5.91 Å². The summed E-state index contributed by atoms with van der Waals surface area (Å²) >= 11 is 0. The summed E-state index contributed by atoms with van der Waals surface area (Å²) in [6.07, 6.45) is -0.0634. The molecule has 0 aliphatic rings. The highest BCUT2D eigenvalue weighted by molar-refractivity contribution is 5.96. The van der Waals surface area contributed by atoms with Crippen molar-refractivity contribution in [2.24, 2.45) is 0 Å². The zero-order valence-electron chi connectivity index (χ0n) is 13.7. The molecular weight excluding hydrogens is 309 g/mol. The van der Waals surface area contributed by atoms with E-state index in [1.54, 1.807) is 56.3 Å². The Morgan fingerprint density at radius 3 is 2.25 bits per heavy atom. The topological polar surface area (TPSA) is 55.4 Å². The van der Waals surface area contributed by atoms with Crippen LogP contribution in [0.5, 0.6) is 0 Å². The van der Waals surface area contributed by atoms with E-state index in [1.807, 2.05) is 0 Å². The molecule has 0 aliphatic heterocycles. The van der Waals surface area contributed by atoms with E-state index in [2.05, 4.69) is 5.32 Å². The average molecular weight is 329 g/mol. The van der Waals surface area contributed by atoms with E-state index in [1.165, 1.54) is 12.1 Å². The molecule has 2 rings (SSSR count). The van der Waals surface area contributed by atoms with Crippen LogP contribution in [0.3, 0.4) is 0 Å². The summed E-state index contributed by atoms with van der Waals surface area (Å²) in [7, 11) is 0. The van der Waals surface area contributed by atoms with E-state index in [4.69, 9.17) is 4.74 Å². The van der Waals surface area contributed by atoms with Gasteiger partial charge in [-0.2, -0.15) is 0 Å². The third-order valence-corrected chi connectivity index (χ3v) is 3.33. The third kappa shape index (κ3) is 5.19. The first-order chi connectivity index (χ1) is 11.5. The first-order valence-corrected chi connectivity index (χ1v) is 7.76. The van der Waals surface area contributed by atoms with Crippen LogP contribution in [0.15, 0.2) is 54.6 Å². The molecular formula is C19H20FNO3. The summed E-state index contributed by atoms with van der Waals surface area (Å²) in [4.78, 5) is 24.6.